The molecule has 136 valence electrons. The smallest absolute Gasteiger partial charge is 0.297 e. The highest BCUT2D eigenvalue weighted by atomic mass is 32.2. The van der Waals surface area contributed by atoms with Gasteiger partial charge < -0.3 is 4.42 Å². The second-order valence-electron chi connectivity index (χ2n) is 5.77. The fourth-order valence-electron chi connectivity index (χ4n) is 3.08. The lowest BCUT2D eigenvalue weighted by atomic mass is 9.88. The van der Waals surface area contributed by atoms with Gasteiger partial charge >= 0.3 is 0 Å². The first kappa shape index (κ1) is 17.6. The van der Waals surface area contributed by atoms with E-state index >= 15 is 0 Å². The topological polar surface area (TPSA) is 93.4 Å². The van der Waals surface area contributed by atoms with E-state index in [9.17, 15) is 14.4 Å². The average Bonchev–Trinajstić information content (AvgIpc) is 3.43. The van der Waals surface area contributed by atoms with E-state index in [4.69, 9.17) is 4.42 Å². The van der Waals surface area contributed by atoms with Crippen LogP contribution in [0.4, 0.5) is 5.13 Å². The molecular formula is C18H13N3O4S2. The number of aromatic nitrogens is 2. The lowest BCUT2D eigenvalue weighted by Gasteiger charge is -2.24. The van der Waals surface area contributed by atoms with Crippen molar-refractivity contribution in [3.63, 3.8) is 0 Å². The Labute approximate surface area is 162 Å². The molecule has 1 aromatic carbocycles. The monoisotopic (exact) mass is 399 g/mol. The Balaban J connectivity index is 1.84. The largest absolute Gasteiger partial charge is 0.461 e. The van der Waals surface area contributed by atoms with Crippen LogP contribution in [0.25, 0.3) is 0 Å². The minimum atomic E-state index is -1.20. The Bertz CT molecular complexity index is 1000. The first-order chi connectivity index (χ1) is 13.1. The highest BCUT2D eigenvalue weighted by molar-refractivity contribution is 8.00. The molecule has 1 aliphatic heterocycles. The van der Waals surface area contributed by atoms with E-state index in [2.05, 4.69) is 10.2 Å². The third kappa shape index (κ3) is 2.98. The molecule has 1 amide bonds. The summed E-state index contributed by atoms with van der Waals surface area (Å²) in [5.41, 5.74) is 0.669. The van der Waals surface area contributed by atoms with Crippen molar-refractivity contribution in [2.75, 3.05) is 11.2 Å². The number of hydrogen-bond donors (Lipinski definition) is 0. The van der Waals surface area contributed by atoms with Crippen molar-refractivity contribution in [2.24, 2.45) is 5.92 Å². The Morgan fingerprint density at radius 3 is 2.56 bits per heavy atom. The molecule has 0 aliphatic carbocycles. The molecule has 3 heterocycles. The molecule has 0 bridgehead atoms. The minimum Gasteiger partial charge on any atom is -0.461 e. The summed E-state index contributed by atoms with van der Waals surface area (Å²) in [5, 5.41) is 8.35. The van der Waals surface area contributed by atoms with Gasteiger partial charge in [-0.05, 0) is 24.0 Å². The maximum atomic E-state index is 13.0. The molecule has 2 atom stereocenters. The van der Waals surface area contributed by atoms with E-state index in [-0.39, 0.29) is 5.76 Å². The maximum Gasteiger partial charge on any atom is 0.297 e. The summed E-state index contributed by atoms with van der Waals surface area (Å²) in [6.45, 7) is 0. The summed E-state index contributed by atoms with van der Waals surface area (Å²) in [7, 11) is 0. The molecule has 1 fully saturated rings. The van der Waals surface area contributed by atoms with Gasteiger partial charge in [0.1, 0.15) is 5.92 Å². The molecular weight excluding hydrogens is 386 g/mol. The van der Waals surface area contributed by atoms with Crippen LogP contribution in [0, 0.1) is 5.92 Å². The summed E-state index contributed by atoms with van der Waals surface area (Å²) in [5.74, 6) is -3.22. The molecule has 4 rings (SSSR count). The van der Waals surface area contributed by atoms with E-state index in [0.29, 0.717) is 15.0 Å². The van der Waals surface area contributed by atoms with Crippen LogP contribution in [0.2, 0.25) is 0 Å². The number of hydrogen-bond acceptors (Lipinski definition) is 8. The lowest BCUT2D eigenvalue weighted by molar-refractivity contribution is -0.135. The van der Waals surface area contributed by atoms with Crippen LogP contribution in [0.3, 0.4) is 0 Å². The van der Waals surface area contributed by atoms with Crippen LogP contribution in [0.15, 0.2) is 57.5 Å². The average molecular weight is 399 g/mol. The molecule has 2 aromatic heterocycles. The van der Waals surface area contributed by atoms with Crippen LogP contribution < -0.4 is 4.90 Å². The predicted octanol–water partition coefficient (Wildman–Crippen LogP) is 3.01. The third-order valence-corrected chi connectivity index (χ3v) is 6.17. The van der Waals surface area contributed by atoms with Crippen molar-refractivity contribution in [3.8, 4) is 0 Å². The molecule has 1 aliphatic rings. The van der Waals surface area contributed by atoms with Gasteiger partial charge in [0, 0.05) is 0 Å². The number of benzene rings is 1. The number of furan rings is 1. The van der Waals surface area contributed by atoms with Gasteiger partial charge in [-0.2, -0.15) is 0 Å². The van der Waals surface area contributed by atoms with Gasteiger partial charge in [-0.3, -0.25) is 19.3 Å². The van der Waals surface area contributed by atoms with Crippen molar-refractivity contribution in [1.82, 2.24) is 10.2 Å². The quantitative estimate of drug-likeness (QED) is 0.214. The Hall–Kier alpha value is -2.78. The van der Waals surface area contributed by atoms with Gasteiger partial charge in [-0.1, -0.05) is 53.4 Å². The van der Waals surface area contributed by atoms with E-state index in [1.807, 2.05) is 12.3 Å². The third-order valence-electron chi connectivity index (χ3n) is 4.27. The molecule has 0 spiro atoms. The molecule has 0 N–H and O–H groups in total. The number of rotatable bonds is 5. The lowest BCUT2D eigenvalue weighted by Crippen LogP contribution is -2.30. The molecule has 7 nitrogen and oxygen atoms in total. The number of thioether (sulfide) groups is 1. The van der Waals surface area contributed by atoms with Crippen molar-refractivity contribution in [1.29, 1.82) is 0 Å². The number of nitrogens with zero attached hydrogens (tertiary/aromatic N) is 3. The second kappa shape index (κ2) is 7.09. The second-order valence-corrected chi connectivity index (χ2v) is 7.78. The van der Waals surface area contributed by atoms with Crippen molar-refractivity contribution >= 4 is 45.7 Å². The van der Waals surface area contributed by atoms with Gasteiger partial charge in [0.25, 0.3) is 5.91 Å². The number of Topliss-reactive ketones (excluding diaryl/α,β-unsaturated/α-hetero) is 2. The van der Waals surface area contributed by atoms with Crippen LogP contribution in [0.1, 0.15) is 22.2 Å². The summed E-state index contributed by atoms with van der Waals surface area (Å²) in [6.07, 6.45) is 3.21. The Kier molecular flexibility index (Phi) is 4.63. The van der Waals surface area contributed by atoms with Crippen molar-refractivity contribution in [3.05, 3.63) is 60.1 Å². The van der Waals surface area contributed by atoms with E-state index < -0.39 is 29.4 Å². The molecule has 27 heavy (non-hydrogen) atoms. The van der Waals surface area contributed by atoms with Gasteiger partial charge in [-0.15, -0.1) is 10.2 Å². The fourth-order valence-corrected chi connectivity index (χ4v) is 4.38. The molecule has 0 saturated carbocycles. The number of amides is 1. The number of ketones is 2. The summed E-state index contributed by atoms with van der Waals surface area (Å²) in [6, 6.07) is 11.2. The molecule has 1 saturated heterocycles. The number of anilines is 1. The molecule has 3 aromatic rings. The standard InChI is InChI=1S/C18H13N3O4S2/c1-26-18-20-19-17(27-18)21-13(10-6-3-2-4-7-10)12(15(23)16(21)24)14(22)11-8-5-9-25-11/h2-9,12-13H,1H3. The van der Waals surface area contributed by atoms with E-state index in [1.54, 1.807) is 30.3 Å². The zero-order chi connectivity index (χ0) is 19.0. The molecule has 0 radical (unpaired) electrons. The predicted molar refractivity (Wildman–Crippen MR) is 99.9 cm³/mol. The zero-order valence-corrected chi connectivity index (χ0v) is 15.7. The maximum absolute atomic E-state index is 13.0. The Morgan fingerprint density at radius 2 is 1.93 bits per heavy atom. The summed E-state index contributed by atoms with van der Waals surface area (Å²) in [4.78, 5) is 39.8. The molecule has 9 heteroatoms. The highest BCUT2D eigenvalue weighted by Crippen LogP contribution is 2.42. The SMILES string of the molecule is CSc1nnc(N2C(=O)C(=O)C(C(=O)c3ccco3)C2c2ccccc2)s1. The van der Waals surface area contributed by atoms with E-state index in [1.165, 1.54) is 40.3 Å². The normalized spacial score (nSPS) is 19.7. The first-order valence-electron chi connectivity index (χ1n) is 7.99. The minimum absolute atomic E-state index is 0.0472. The van der Waals surface area contributed by atoms with Gasteiger partial charge in [0.15, 0.2) is 10.1 Å². The van der Waals surface area contributed by atoms with Crippen LogP contribution in [0.5, 0.6) is 0 Å². The summed E-state index contributed by atoms with van der Waals surface area (Å²) >= 11 is 2.60. The van der Waals surface area contributed by atoms with Gasteiger partial charge in [-0.25, -0.2) is 0 Å². The summed E-state index contributed by atoms with van der Waals surface area (Å²) < 4.78 is 5.84. The Morgan fingerprint density at radius 1 is 1.15 bits per heavy atom. The van der Waals surface area contributed by atoms with Crippen LogP contribution in [-0.2, 0) is 9.59 Å². The van der Waals surface area contributed by atoms with Gasteiger partial charge in [0.2, 0.25) is 16.7 Å². The zero-order valence-electron chi connectivity index (χ0n) is 14.1. The van der Waals surface area contributed by atoms with Crippen molar-refractivity contribution < 1.29 is 18.8 Å². The van der Waals surface area contributed by atoms with Crippen LogP contribution >= 0.6 is 23.1 Å². The van der Waals surface area contributed by atoms with Gasteiger partial charge in [0.05, 0.1) is 12.3 Å². The number of carbonyl (C=O) groups is 3. The van der Waals surface area contributed by atoms with Crippen molar-refractivity contribution in [2.45, 2.75) is 10.4 Å². The number of carbonyl (C=O) groups excluding carboxylic acids is 3. The van der Waals surface area contributed by atoms with Crippen LogP contribution in [-0.4, -0.2) is 33.9 Å². The highest BCUT2D eigenvalue weighted by Gasteiger charge is 2.53. The fraction of sp³-hybridized carbons (Fsp3) is 0.167. The molecule has 2 unspecified atom stereocenters. The first-order valence-corrected chi connectivity index (χ1v) is 10.0. The van der Waals surface area contributed by atoms with E-state index in [0.717, 1.165) is 0 Å².